The summed E-state index contributed by atoms with van der Waals surface area (Å²) in [6.45, 7) is 3.23. The second-order valence-electron chi connectivity index (χ2n) is 6.82. The third-order valence-corrected chi connectivity index (χ3v) is 5.37. The fourth-order valence-electron chi connectivity index (χ4n) is 3.50. The maximum atomic E-state index is 13.8. The smallest absolute Gasteiger partial charge is 0.257 e. The van der Waals surface area contributed by atoms with Crippen LogP contribution in [0.25, 0.3) is 5.65 Å². The normalized spacial score (nSPS) is 15.3. The van der Waals surface area contributed by atoms with Gasteiger partial charge in [-0.1, -0.05) is 17.7 Å². The quantitative estimate of drug-likeness (QED) is 0.670. The first-order valence-electron chi connectivity index (χ1n) is 9.10. The lowest BCUT2D eigenvalue weighted by Crippen LogP contribution is -2.49. The zero-order chi connectivity index (χ0) is 19.7. The Bertz CT molecular complexity index is 1010. The Hall–Kier alpha value is -2.51. The van der Waals surface area contributed by atoms with Crippen molar-refractivity contribution in [3.05, 3.63) is 70.6 Å². The van der Waals surface area contributed by atoms with Gasteiger partial charge in [0, 0.05) is 45.0 Å². The summed E-state index contributed by atoms with van der Waals surface area (Å²) in [6, 6.07) is 7.21. The Morgan fingerprint density at radius 1 is 1.14 bits per heavy atom. The highest BCUT2D eigenvalue weighted by Gasteiger charge is 2.24. The molecule has 0 N–H and O–H groups in total. The number of amides is 1. The molecule has 1 aliphatic heterocycles. The number of piperazine rings is 1. The fourth-order valence-corrected chi connectivity index (χ4v) is 3.68. The Balaban J connectivity index is 1.36. The summed E-state index contributed by atoms with van der Waals surface area (Å²) in [6.07, 6.45) is 3.81. The number of pyridine rings is 1. The highest BCUT2D eigenvalue weighted by molar-refractivity contribution is 6.29. The van der Waals surface area contributed by atoms with Crippen LogP contribution in [-0.2, 0) is 6.42 Å². The van der Waals surface area contributed by atoms with Crippen molar-refractivity contribution in [1.29, 1.82) is 0 Å². The monoisotopic (exact) mass is 404 g/mol. The number of aromatic nitrogens is 2. The lowest BCUT2D eigenvalue weighted by atomic mass is 10.1. The number of nitrogens with zero attached hydrogens (tertiary/aromatic N) is 4. The van der Waals surface area contributed by atoms with Crippen LogP contribution < -0.4 is 0 Å². The molecule has 1 fully saturated rings. The van der Waals surface area contributed by atoms with Crippen molar-refractivity contribution in [2.75, 3.05) is 32.7 Å². The van der Waals surface area contributed by atoms with Crippen LogP contribution in [0.1, 0.15) is 15.9 Å². The fraction of sp³-hybridized carbons (Fsp3) is 0.300. The molecule has 0 aliphatic carbocycles. The standard InChI is InChI=1S/C20H19ClF2N4O/c21-18-13-24-19-16(2-1-6-27(18)19)20(28)26-10-8-25(9-11-26)7-5-14-3-4-15(22)12-17(14)23/h1-4,6,12-13H,5,7-11H2. The second-order valence-corrected chi connectivity index (χ2v) is 7.20. The van der Waals surface area contributed by atoms with Crippen molar-refractivity contribution < 1.29 is 13.6 Å². The Morgan fingerprint density at radius 3 is 2.68 bits per heavy atom. The van der Waals surface area contributed by atoms with Gasteiger partial charge in [-0.15, -0.1) is 0 Å². The van der Waals surface area contributed by atoms with Gasteiger partial charge in [-0.2, -0.15) is 0 Å². The number of fused-ring (bicyclic) bond motifs is 1. The topological polar surface area (TPSA) is 40.9 Å². The zero-order valence-electron chi connectivity index (χ0n) is 15.1. The first-order chi connectivity index (χ1) is 13.5. The van der Waals surface area contributed by atoms with Crippen molar-refractivity contribution in [2.45, 2.75) is 6.42 Å². The lowest BCUT2D eigenvalue weighted by molar-refractivity contribution is 0.0639. The molecule has 1 saturated heterocycles. The molecule has 28 heavy (non-hydrogen) atoms. The molecule has 3 aromatic rings. The summed E-state index contributed by atoms with van der Waals surface area (Å²) in [7, 11) is 0. The molecule has 0 saturated carbocycles. The number of halogens is 3. The molecule has 0 spiro atoms. The van der Waals surface area contributed by atoms with Crippen LogP contribution in [0.5, 0.6) is 0 Å². The number of hydrogen-bond donors (Lipinski definition) is 0. The van der Waals surface area contributed by atoms with E-state index in [1.165, 1.54) is 18.3 Å². The van der Waals surface area contributed by atoms with Gasteiger partial charge < -0.3 is 4.90 Å². The van der Waals surface area contributed by atoms with Crippen LogP contribution in [0.15, 0.2) is 42.7 Å². The second kappa shape index (κ2) is 7.85. The van der Waals surface area contributed by atoms with Crippen molar-refractivity contribution in [1.82, 2.24) is 19.2 Å². The minimum Gasteiger partial charge on any atom is -0.336 e. The summed E-state index contributed by atoms with van der Waals surface area (Å²) in [5, 5.41) is 0.461. The Kier molecular flexibility index (Phi) is 5.28. The van der Waals surface area contributed by atoms with Crippen molar-refractivity contribution in [3.8, 4) is 0 Å². The van der Waals surface area contributed by atoms with E-state index in [1.54, 1.807) is 27.6 Å². The third kappa shape index (κ3) is 3.72. The van der Waals surface area contributed by atoms with Gasteiger partial charge in [0.1, 0.15) is 16.8 Å². The van der Waals surface area contributed by atoms with Crippen molar-refractivity contribution in [2.24, 2.45) is 0 Å². The largest absolute Gasteiger partial charge is 0.336 e. The average Bonchev–Trinajstić information content (AvgIpc) is 3.08. The molecule has 1 aromatic carbocycles. The number of rotatable bonds is 4. The van der Waals surface area contributed by atoms with E-state index >= 15 is 0 Å². The first kappa shape index (κ1) is 18.8. The van der Waals surface area contributed by atoms with Gasteiger partial charge in [-0.3, -0.25) is 14.1 Å². The van der Waals surface area contributed by atoms with Gasteiger partial charge in [-0.25, -0.2) is 13.8 Å². The van der Waals surface area contributed by atoms with E-state index in [2.05, 4.69) is 9.88 Å². The molecule has 3 heterocycles. The first-order valence-corrected chi connectivity index (χ1v) is 9.48. The van der Waals surface area contributed by atoms with Gasteiger partial charge >= 0.3 is 0 Å². The SMILES string of the molecule is O=C(c1cccn2c(Cl)cnc12)N1CCN(CCc2ccc(F)cc2F)CC1. The molecular formula is C20H19ClF2N4O. The van der Waals surface area contributed by atoms with E-state index in [1.807, 2.05) is 0 Å². The zero-order valence-corrected chi connectivity index (χ0v) is 15.9. The van der Waals surface area contributed by atoms with Crippen LogP contribution in [0.3, 0.4) is 0 Å². The van der Waals surface area contributed by atoms with Crippen molar-refractivity contribution >= 4 is 23.2 Å². The number of carbonyl (C=O) groups is 1. The predicted octanol–water partition coefficient (Wildman–Crippen LogP) is 3.27. The van der Waals surface area contributed by atoms with Gasteiger partial charge in [0.25, 0.3) is 5.91 Å². The molecule has 8 heteroatoms. The van der Waals surface area contributed by atoms with Crippen LogP contribution in [0.2, 0.25) is 5.15 Å². The average molecular weight is 405 g/mol. The van der Waals surface area contributed by atoms with Crippen LogP contribution in [0.4, 0.5) is 8.78 Å². The van der Waals surface area contributed by atoms with E-state index in [-0.39, 0.29) is 5.91 Å². The minimum atomic E-state index is -0.567. The Morgan fingerprint density at radius 2 is 1.93 bits per heavy atom. The maximum absolute atomic E-state index is 13.8. The van der Waals surface area contributed by atoms with Crippen LogP contribution in [-0.4, -0.2) is 57.8 Å². The van der Waals surface area contributed by atoms with Crippen molar-refractivity contribution in [3.63, 3.8) is 0 Å². The minimum absolute atomic E-state index is 0.0721. The summed E-state index contributed by atoms with van der Waals surface area (Å²) >= 11 is 6.08. The number of benzene rings is 1. The molecule has 4 rings (SSSR count). The summed E-state index contributed by atoms with van der Waals surface area (Å²) in [4.78, 5) is 21.1. The van der Waals surface area contributed by atoms with Gasteiger partial charge in [0.15, 0.2) is 5.65 Å². The highest BCUT2D eigenvalue weighted by atomic mass is 35.5. The van der Waals surface area contributed by atoms with Crippen LogP contribution >= 0.6 is 11.6 Å². The predicted molar refractivity (Wildman–Crippen MR) is 103 cm³/mol. The van der Waals surface area contributed by atoms with Gasteiger partial charge in [-0.05, 0) is 30.2 Å². The Labute approximate surface area is 166 Å². The molecule has 0 bridgehead atoms. The molecule has 0 radical (unpaired) electrons. The third-order valence-electron chi connectivity index (χ3n) is 5.09. The molecule has 1 amide bonds. The number of imidazole rings is 1. The van der Waals surface area contributed by atoms with Crippen LogP contribution in [0, 0.1) is 11.6 Å². The molecule has 2 aromatic heterocycles. The maximum Gasteiger partial charge on any atom is 0.257 e. The molecule has 146 valence electrons. The summed E-state index contributed by atoms with van der Waals surface area (Å²) in [5.74, 6) is -1.15. The molecule has 5 nitrogen and oxygen atoms in total. The van der Waals surface area contributed by atoms with Gasteiger partial charge in [0.05, 0.1) is 11.8 Å². The number of carbonyl (C=O) groups excluding carboxylic acids is 1. The van der Waals surface area contributed by atoms with E-state index < -0.39 is 11.6 Å². The lowest BCUT2D eigenvalue weighted by Gasteiger charge is -2.34. The number of hydrogen-bond acceptors (Lipinski definition) is 3. The summed E-state index contributed by atoms with van der Waals surface area (Å²) in [5.41, 5.74) is 1.57. The van der Waals surface area contributed by atoms with Gasteiger partial charge in [0.2, 0.25) is 0 Å². The highest BCUT2D eigenvalue weighted by Crippen LogP contribution is 2.18. The van der Waals surface area contributed by atoms with E-state index in [4.69, 9.17) is 11.6 Å². The summed E-state index contributed by atoms with van der Waals surface area (Å²) < 4.78 is 28.4. The molecule has 0 unspecified atom stereocenters. The molecule has 0 atom stereocenters. The molecule has 1 aliphatic rings. The van der Waals surface area contributed by atoms with E-state index in [0.29, 0.717) is 61.1 Å². The van der Waals surface area contributed by atoms with E-state index in [0.717, 1.165) is 6.07 Å². The molecular weight excluding hydrogens is 386 g/mol. The van der Waals surface area contributed by atoms with E-state index in [9.17, 15) is 13.6 Å².